The molecule has 1 amide bonds. The number of rotatable bonds is 5. The van der Waals surface area contributed by atoms with Crippen LogP contribution in [0.4, 0.5) is 0 Å². The van der Waals surface area contributed by atoms with Crippen molar-refractivity contribution in [1.82, 2.24) is 4.90 Å². The zero-order valence-electron chi connectivity index (χ0n) is 12.0. The fourth-order valence-electron chi connectivity index (χ4n) is 2.75. The Labute approximate surface area is 111 Å². The molecular formula is C14H28N2O2. The van der Waals surface area contributed by atoms with Crippen LogP contribution in [0.1, 0.15) is 59.3 Å². The summed E-state index contributed by atoms with van der Waals surface area (Å²) in [6.07, 6.45) is 4.80. The number of piperidine rings is 1. The molecule has 1 heterocycles. The summed E-state index contributed by atoms with van der Waals surface area (Å²) in [5.74, 6) is 0.0675. The molecule has 2 unspecified atom stereocenters. The first-order chi connectivity index (χ1) is 8.44. The molecule has 18 heavy (non-hydrogen) atoms. The Balaban J connectivity index is 2.79. The van der Waals surface area contributed by atoms with Gasteiger partial charge in [0, 0.05) is 12.6 Å². The second-order valence-electron chi connectivity index (χ2n) is 5.60. The molecule has 1 rings (SSSR count). The molecule has 2 atom stereocenters. The largest absolute Gasteiger partial charge is 0.393 e. The lowest BCUT2D eigenvalue weighted by Gasteiger charge is -2.41. The first-order valence-corrected chi connectivity index (χ1v) is 7.22. The maximum Gasteiger partial charge on any atom is 0.242 e. The molecule has 1 fully saturated rings. The summed E-state index contributed by atoms with van der Waals surface area (Å²) in [5.41, 5.74) is 5.48. The SMILES string of the molecule is CCC(N)(CC)C(=O)N1CCCCC1CC(C)O. The van der Waals surface area contributed by atoms with Gasteiger partial charge < -0.3 is 15.7 Å². The van der Waals surface area contributed by atoms with Crippen LogP contribution >= 0.6 is 0 Å². The zero-order chi connectivity index (χ0) is 13.8. The van der Waals surface area contributed by atoms with Crippen LogP contribution in [0.2, 0.25) is 0 Å². The van der Waals surface area contributed by atoms with Gasteiger partial charge >= 0.3 is 0 Å². The molecule has 0 aromatic rings. The van der Waals surface area contributed by atoms with E-state index in [1.165, 1.54) is 0 Å². The van der Waals surface area contributed by atoms with E-state index in [0.29, 0.717) is 19.3 Å². The summed E-state index contributed by atoms with van der Waals surface area (Å²) in [7, 11) is 0. The molecule has 0 aromatic heterocycles. The molecule has 4 nitrogen and oxygen atoms in total. The van der Waals surface area contributed by atoms with Crippen molar-refractivity contribution in [3.05, 3.63) is 0 Å². The highest BCUT2D eigenvalue weighted by Gasteiger charge is 2.38. The van der Waals surface area contributed by atoms with Crippen molar-refractivity contribution in [3.63, 3.8) is 0 Å². The Morgan fingerprint density at radius 1 is 1.44 bits per heavy atom. The van der Waals surface area contributed by atoms with Gasteiger partial charge in [0.1, 0.15) is 0 Å². The predicted molar refractivity (Wildman–Crippen MR) is 73.2 cm³/mol. The Morgan fingerprint density at radius 3 is 2.56 bits per heavy atom. The quantitative estimate of drug-likeness (QED) is 0.786. The topological polar surface area (TPSA) is 66.6 Å². The molecule has 0 saturated carbocycles. The Kier molecular flexibility index (Phi) is 5.60. The molecule has 3 N–H and O–H groups in total. The van der Waals surface area contributed by atoms with Crippen LogP contribution in [0.3, 0.4) is 0 Å². The molecule has 0 spiro atoms. The molecule has 0 aliphatic carbocycles. The highest BCUT2D eigenvalue weighted by Crippen LogP contribution is 2.25. The minimum atomic E-state index is -0.728. The summed E-state index contributed by atoms with van der Waals surface area (Å²) < 4.78 is 0. The van der Waals surface area contributed by atoms with Gasteiger partial charge in [-0.3, -0.25) is 4.79 Å². The fraction of sp³-hybridized carbons (Fsp3) is 0.929. The van der Waals surface area contributed by atoms with Gasteiger partial charge in [0.25, 0.3) is 0 Å². The van der Waals surface area contributed by atoms with Gasteiger partial charge in [-0.25, -0.2) is 0 Å². The van der Waals surface area contributed by atoms with Crippen molar-refractivity contribution in [3.8, 4) is 0 Å². The molecule has 0 aromatic carbocycles. The van der Waals surface area contributed by atoms with Gasteiger partial charge in [0.05, 0.1) is 11.6 Å². The number of hydrogen-bond donors (Lipinski definition) is 2. The highest BCUT2D eigenvalue weighted by atomic mass is 16.3. The maximum atomic E-state index is 12.6. The first kappa shape index (κ1) is 15.4. The smallest absolute Gasteiger partial charge is 0.242 e. The van der Waals surface area contributed by atoms with Crippen LogP contribution in [-0.2, 0) is 4.79 Å². The second kappa shape index (κ2) is 6.53. The third kappa shape index (κ3) is 3.45. The van der Waals surface area contributed by atoms with Crippen molar-refractivity contribution in [2.45, 2.75) is 77.0 Å². The summed E-state index contributed by atoms with van der Waals surface area (Å²) in [6.45, 7) is 6.51. The predicted octanol–water partition coefficient (Wildman–Crippen LogP) is 1.66. The minimum Gasteiger partial charge on any atom is -0.393 e. The molecule has 1 aliphatic heterocycles. The number of carbonyl (C=O) groups excluding carboxylic acids is 1. The van der Waals surface area contributed by atoms with E-state index in [9.17, 15) is 9.90 Å². The molecule has 1 aliphatic rings. The van der Waals surface area contributed by atoms with E-state index in [-0.39, 0.29) is 18.1 Å². The van der Waals surface area contributed by atoms with Gasteiger partial charge in [-0.2, -0.15) is 0 Å². The monoisotopic (exact) mass is 256 g/mol. The first-order valence-electron chi connectivity index (χ1n) is 7.22. The normalized spacial score (nSPS) is 22.9. The van der Waals surface area contributed by atoms with Crippen molar-refractivity contribution >= 4 is 5.91 Å². The molecule has 1 saturated heterocycles. The Morgan fingerprint density at radius 2 is 2.06 bits per heavy atom. The van der Waals surface area contributed by atoms with Crippen LogP contribution in [0.5, 0.6) is 0 Å². The minimum absolute atomic E-state index is 0.0675. The average molecular weight is 256 g/mol. The summed E-state index contributed by atoms with van der Waals surface area (Å²) in [6, 6.07) is 0.160. The average Bonchev–Trinajstić information content (AvgIpc) is 2.37. The second-order valence-corrected chi connectivity index (χ2v) is 5.60. The van der Waals surface area contributed by atoms with Gasteiger partial charge in [-0.15, -0.1) is 0 Å². The van der Waals surface area contributed by atoms with E-state index in [1.807, 2.05) is 18.7 Å². The lowest BCUT2D eigenvalue weighted by atomic mass is 9.89. The van der Waals surface area contributed by atoms with Crippen LogP contribution < -0.4 is 5.73 Å². The Hall–Kier alpha value is -0.610. The van der Waals surface area contributed by atoms with Gasteiger partial charge in [0.2, 0.25) is 5.91 Å². The fourth-order valence-corrected chi connectivity index (χ4v) is 2.75. The van der Waals surface area contributed by atoms with E-state index >= 15 is 0 Å². The number of hydrogen-bond acceptors (Lipinski definition) is 3. The van der Waals surface area contributed by atoms with E-state index in [1.54, 1.807) is 6.92 Å². The number of carbonyl (C=O) groups is 1. The van der Waals surface area contributed by atoms with Crippen LogP contribution in [0.15, 0.2) is 0 Å². The van der Waals surface area contributed by atoms with Gasteiger partial charge in [-0.1, -0.05) is 13.8 Å². The van der Waals surface area contributed by atoms with Crippen molar-refractivity contribution in [2.24, 2.45) is 5.73 Å². The summed E-state index contributed by atoms with van der Waals surface area (Å²) in [5, 5.41) is 9.55. The van der Waals surface area contributed by atoms with E-state index in [0.717, 1.165) is 25.8 Å². The molecule has 106 valence electrons. The lowest BCUT2D eigenvalue weighted by molar-refractivity contribution is -0.141. The lowest BCUT2D eigenvalue weighted by Crippen LogP contribution is -2.58. The highest BCUT2D eigenvalue weighted by molar-refractivity contribution is 5.86. The molecule has 4 heteroatoms. The van der Waals surface area contributed by atoms with E-state index < -0.39 is 5.54 Å². The van der Waals surface area contributed by atoms with E-state index in [2.05, 4.69) is 0 Å². The standard InChI is InChI=1S/C14H28N2O2/c1-4-14(15,5-2)13(18)16-9-7-6-8-12(16)10-11(3)17/h11-12,17H,4-10,15H2,1-3H3. The number of nitrogens with zero attached hydrogens (tertiary/aromatic N) is 1. The molecule has 0 bridgehead atoms. The molecular weight excluding hydrogens is 228 g/mol. The zero-order valence-corrected chi connectivity index (χ0v) is 12.0. The molecule has 0 radical (unpaired) electrons. The number of nitrogens with two attached hydrogens (primary N) is 1. The van der Waals surface area contributed by atoms with Gasteiger partial charge in [-0.05, 0) is 45.4 Å². The van der Waals surface area contributed by atoms with Crippen molar-refractivity contribution in [2.75, 3.05) is 6.54 Å². The number of amides is 1. The third-order valence-electron chi connectivity index (χ3n) is 4.19. The van der Waals surface area contributed by atoms with Gasteiger partial charge in [0.15, 0.2) is 0 Å². The number of aliphatic hydroxyl groups is 1. The van der Waals surface area contributed by atoms with Crippen molar-refractivity contribution in [1.29, 1.82) is 0 Å². The Bertz CT molecular complexity index is 275. The van der Waals surface area contributed by atoms with Crippen molar-refractivity contribution < 1.29 is 9.90 Å². The van der Waals surface area contributed by atoms with E-state index in [4.69, 9.17) is 5.73 Å². The van der Waals surface area contributed by atoms with Crippen LogP contribution in [-0.4, -0.2) is 40.1 Å². The van der Waals surface area contributed by atoms with Crippen LogP contribution in [0.25, 0.3) is 0 Å². The number of aliphatic hydroxyl groups excluding tert-OH is 1. The van der Waals surface area contributed by atoms with Crippen LogP contribution in [0, 0.1) is 0 Å². The summed E-state index contributed by atoms with van der Waals surface area (Å²) in [4.78, 5) is 14.5. The third-order valence-corrected chi connectivity index (χ3v) is 4.19. The summed E-state index contributed by atoms with van der Waals surface area (Å²) >= 11 is 0. The maximum absolute atomic E-state index is 12.6. The number of likely N-dealkylation sites (tertiary alicyclic amines) is 1.